The highest BCUT2D eigenvalue weighted by Crippen LogP contribution is 2.28. The smallest absolute Gasteiger partial charge is 0.246 e. The summed E-state index contributed by atoms with van der Waals surface area (Å²) in [5.74, 6) is 0.0815. The van der Waals surface area contributed by atoms with Crippen LogP contribution in [-0.2, 0) is 4.79 Å². The molecule has 0 unspecified atom stereocenters. The highest BCUT2D eigenvalue weighted by Gasteiger charge is 2.15. The number of hydrogen-bond acceptors (Lipinski definition) is 5. The molecule has 0 saturated heterocycles. The molecule has 0 N–H and O–H groups in total. The molecule has 0 bridgehead atoms. The molecule has 0 aliphatic heterocycles. The van der Waals surface area contributed by atoms with E-state index < -0.39 is 0 Å². The Hall–Kier alpha value is -3.06. The van der Waals surface area contributed by atoms with Crippen LogP contribution >= 0.6 is 11.3 Å². The number of hydrazone groups is 1. The number of rotatable bonds is 5. The highest BCUT2D eigenvalue weighted by atomic mass is 32.1. The second kappa shape index (κ2) is 7.88. The molecule has 26 heavy (non-hydrogen) atoms. The summed E-state index contributed by atoms with van der Waals surface area (Å²) in [4.78, 5) is 16.5. The number of para-hydroxylation sites is 1. The second-order valence-corrected chi connectivity index (χ2v) is 6.18. The van der Waals surface area contributed by atoms with Gasteiger partial charge in [0, 0.05) is 23.4 Å². The highest BCUT2D eigenvalue weighted by molar-refractivity contribution is 7.14. The number of carbonyl (C=O) groups excluding carboxylic acids is 1. The minimum absolute atomic E-state index is 0.267. The van der Waals surface area contributed by atoms with E-state index in [2.05, 4.69) is 10.1 Å². The molecule has 3 aromatic rings. The van der Waals surface area contributed by atoms with Gasteiger partial charge in [0.25, 0.3) is 0 Å². The van der Waals surface area contributed by atoms with Crippen LogP contribution in [0.5, 0.6) is 5.75 Å². The molecule has 0 fully saturated rings. The Morgan fingerprint density at radius 3 is 2.65 bits per heavy atom. The van der Waals surface area contributed by atoms with Crippen molar-refractivity contribution in [3.8, 4) is 17.0 Å². The van der Waals surface area contributed by atoms with Crippen LogP contribution in [0.25, 0.3) is 11.3 Å². The molecule has 2 aromatic carbocycles. The topological polar surface area (TPSA) is 54.8 Å². The molecule has 1 heterocycles. The monoisotopic (exact) mass is 369 g/mol. The number of hydrogen-bond donors (Lipinski definition) is 0. The first-order valence-electron chi connectivity index (χ1n) is 7.77. The summed E-state index contributed by atoms with van der Waals surface area (Å²) in [5.41, 5.74) is 2.17. The largest absolute Gasteiger partial charge is 0.496 e. The van der Waals surface area contributed by atoms with Crippen LogP contribution in [0.4, 0.5) is 9.52 Å². The number of nitrogens with zero attached hydrogens (tertiary/aromatic N) is 3. The van der Waals surface area contributed by atoms with Crippen molar-refractivity contribution in [3.63, 3.8) is 0 Å². The van der Waals surface area contributed by atoms with E-state index in [9.17, 15) is 9.18 Å². The number of benzene rings is 2. The van der Waals surface area contributed by atoms with Crippen LogP contribution in [-0.4, -0.2) is 24.2 Å². The normalized spacial score (nSPS) is 10.9. The van der Waals surface area contributed by atoms with E-state index in [1.54, 1.807) is 30.8 Å². The summed E-state index contributed by atoms with van der Waals surface area (Å²) >= 11 is 1.29. The van der Waals surface area contributed by atoms with Crippen molar-refractivity contribution in [2.45, 2.75) is 6.92 Å². The Balaban J connectivity index is 1.88. The van der Waals surface area contributed by atoms with Gasteiger partial charge in [-0.15, -0.1) is 11.3 Å². The lowest BCUT2D eigenvalue weighted by Crippen LogP contribution is -2.22. The van der Waals surface area contributed by atoms with Gasteiger partial charge >= 0.3 is 0 Å². The maximum atomic E-state index is 13.1. The first kappa shape index (κ1) is 17.8. The summed E-state index contributed by atoms with van der Waals surface area (Å²) in [7, 11) is 1.57. The molecule has 0 aliphatic carbocycles. The molecule has 1 amide bonds. The molecule has 132 valence electrons. The molecule has 0 saturated carbocycles. The number of aromatic nitrogens is 1. The van der Waals surface area contributed by atoms with Gasteiger partial charge in [-0.1, -0.05) is 12.1 Å². The molecule has 1 aromatic heterocycles. The molecular formula is C19H16FN3O2S. The third kappa shape index (κ3) is 3.94. The van der Waals surface area contributed by atoms with Gasteiger partial charge in [0.2, 0.25) is 11.0 Å². The van der Waals surface area contributed by atoms with Crippen LogP contribution in [0.2, 0.25) is 0 Å². The van der Waals surface area contributed by atoms with Crippen molar-refractivity contribution in [1.82, 2.24) is 4.98 Å². The van der Waals surface area contributed by atoms with E-state index in [-0.39, 0.29) is 11.7 Å². The molecule has 5 nitrogen and oxygen atoms in total. The number of halogens is 1. The average Bonchev–Trinajstić information content (AvgIpc) is 3.12. The fourth-order valence-corrected chi connectivity index (χ4v) is 3.11. The lowest BCUT2D eigenvalue weighted by atomic mass is 10.2. The fourth-order valence-electron chi connectivity index (χ4n) is 2.27. The SMILES string of the molecule is COc1ccccc1C=NN(C(C)=O)c1nc(-c2ccc(F)cc2)cs1. The van der Waals surface area contributed by atoms with E-state index >= 15 is 0 Å². The summed E-state index contributed by atoms with van der Waals surface area (Å²) in [6.45, 7) is 1.42. The molecular weight excluding hydrogens is 353 g/mol. The quantitative estimate of drug-likeness (QED) is 0.496. The summed E-state index contributed by atoms with van der Waals surface area (Å²) in [6, 6.07) is 13.4. The van der Waals surface area contributed by atoms with Crippen LogP contribution < -0.4 is 9.75 Å². The van der Waals surface area contributed by atoms with Crippen molar-refractivity contribution in [2.75, 3.05) is 12.1 Å². The molecule has 3 rings (SSSR count). The molecule has 0 atom stereocenters. The first-order chi connectivity index (χ1) is 12.6. The Bertz CT molecular complexity index is 938. The third-order valence-electron chi connectivity index (χ3n) is 3.56. The predicted molar refractivity (Wildman–Crippen MR) is 101 cm³/mol. The maximum absolute atomic E-state index is 13.1. The molecule has 0 spiro atoms. The number of carbonyl (C=O) groups is 1. The standard InChI is InChI=1S/C19H16FN3O2S/c1-13(24)23(21-11-15-5-3-4-6-18(15)25-2)19-22-17(12-26-19)14-7-9-16(20)10-8-14/h3-12H,1-2H3. The van der Waals surface area contributed by atoms with Crippen LogP contribution in [0.15, 0.2) is 59.0 Å². The van der Waals surface area contributed by atoms with Gasteiger partial charge in [0.15, 0.2) is 0 Å². The van der Waals surface area contributed by atoms with Gasteiger partial charge in [-0.2, -0.15) is 10.1 Å². The third-order valence-corrected chi connectivity index (χ3v) is 4.38. The van der Waals surface area contributed by atoms with Gasteiger partial charge in [-0.05, 0) is 36.4 Å². The zero-order valence-corrected chi connectivity index (χ0v) is 15.0. The van der Waals surface area contributed by atoms with Crippen molar-refractivity contribution in [1.29, 1.82) is 0 Å². The maximum Gasteiger partial charge on any atom is 0.246 e. The number of ether oxygens (including phenoxy) is 1. The summed E-state index contributed by atoms with van der Waals surface area (Å²) in [5, 5.41) is 7.72. The van der Waals surface area contributed by atoms with Gasteiger partial charge in [0.05, 0.1) is 19.0 Å². The van der Waals surface area contributed by atoms with Crippen molar-refractivity contribution >= 4 is 28.6 Å². The summed E-state index contributed by atoms with van der Waals surface area (Å²) < 4.78 is 18.3. The van der Waals surface area contributed by atoms with Gasteiger partial charge in [-0.3, -0.25) is 4.79 Å². The lowest BCUT2D eigenvalue weighted by Gasteiger charge is -2.11. The minimum atomic E-state index is -0.309. The fraction of sp³-hybridized carbons (Fsp3) is 0.105. The number of amides is 1. The Kier molecular flexibility index (Phi) is 5.38. The first-order valence-corrected chi connectivity index (χ1v) is 8.65. The molecule has 7 heteroatoms. The Morgan fingerprint density at radius 2 is 1.96 bits per heavy atom. The van der Waals surface area contributed by atoms with Crippen molar-refractivity contribution in [2.24, 2.45) is 5.10 Å². The average molecular weight is 369 g/mol. The number of methoxy groups -OCH3 is 1. The van der Waals surface area contributed by atoms with E-state index in [1.807, 2.05) is 24.3 Å². The van der Waals surface area contributed by atoms with Crippen LogP contribution in [0.3, 0.4) is 0 Å². The Morgan fingerprint density at radius 1 is 1.23 bits per heavy atom. The minimum Gasteiger partial charge on any atom is -0.496 e. The van der Waals surface area contributed by atoms with E-state index in [4.69, 9.17) is 4.74 Å². The van der Waals surface area contributed by atoms with Crippen LogP contribution in [0, 0.1) is 5.82 Å². The molecule has 0 aliphatic rings. The van der Waals surface area contributed by atoms with E-state index in [0.29, 0.717) is 16.6 Å². The zero-order valence-electron chi connectivity index (χ0n) is 14.2. The van der Waals surface area contributed by atoms with E-state index in [1.165, 1.54) is 35.4 Å². The van der Waals surface area contributed by atoms with E-state index in [0.717, 1.165) is 11.1 Å². The number of anilines is 1. The number of thiazole rings is 1. The van der Waals surface area contributed by atoms with Crippen molar-refractivity contribution in [3.05, 3.63) is 65.3 Å². The zero-order chi connectivity index (χ0) is 18.5. The molecule has 0 radical (unpaired) electrons. The van der Waals surface area contributed by atoms with Gasteiger partial charge < -0.3 is 4.74 Å². The summed E-state index contributed by atoms with van der Waals surface area (Å²) in [6.07, 6.45) is 1.55. The van der Waals surface area contributed by atoms with Gasteiger partial charge in [0.1, 0.15) is 11.6 Å². The Labute approximate surface area is 154 Å². The van der Waals surface area contributed by atoms with Crippen LogP contribution in [0.1, 0.15) is 12.5 Å². The predicted octanol–water partition coefficient (Wildman–Crippen LogP) is 4.34. The lowest BCUT2D eigenvalue weighted by molar-refractivity contribution is -0.116. The second-order valence-electron chi connectivity index (χ2n) is 5.34. The van der Waals surface area contributed by atoms with Gasteiger partial charge in [-0.25, -0.2) is 9.37 Å². The van der Waals surface area contributed by atoms with Crippen molar-refractivity contribution < 1.29 is 13.9 Å².